The maximum atomic E-state index is 5.98. The molecule has 2 heterocycles. The van der Waals surface area contributed by atoms with Gasteiger partial charge in [0, 0.05) is 18.1 Å². The Morgan fingerprint density at radius 1 is 1.05 bits per heavy atom. The van der Waals surface area contributed by atoms with E-state index < -0.39 is 0 Å². The normalized spacial score (nSPS) is 10.2. The average Bonchev–Trinajstić information content (AvgIpc) is 2.78. The van der Waals surface area contributed by atoms with E-state index in [1.165, 1.54) is 11.1 Å². The van der Waals surface area contributed by atoms with E-state index in [0.29, 0.717) is 5.15 Å². The van der Waals surface area contributed by atoms with Crippen molar-refractivity contribution in [2.45, 2.75) is 27.3 Å². The van der Waals surface area contributed by atoms with Crippen LogP contribution in [0, 0.1) is 6.92 Å². The van der Waals surface area contributed by atoms with Crippen molar-refractivity contribution in [3.8, 4) is 0 Å². The van der Waals surface area contributed by atoms with Gasteiger partial charge in [0.2, 0.25) is 0 Å². The summed E-state index contributed by atoms with van der Waals surface area (Å²) in [7, 11) is 0. The van der Waals surface area contributed by atoms with Gasteiger partial charge in [0.1, 0.15) is 10.8 Å². The maximum absolute atomic E-state index is 5.98. The summed E-state index contributed by atoms with van der Waals surface area (Å²) in [6.07, 6.45) is 2.13. The smallest absolute Gasteiger partial charge is 0.142 e. The molecule has 2 nitrogen and oxygen atoms in total. The summed E-state index contributed by atoms with van der Waals surface area (Å²) in [4.78, 5) is 4.42. The fourth-order valence-electron chi connectivity index (χ4n) is 2.22. The van der Waals surface area contributed by atoms with E-state index in [1.807, 2.05) is 44.2 Å². The van der Waals surface area contributed by atoms with Crippen molar-refractivity contribution in [3.05, 3.63) is 64.9 Å². The minimum absolute atomic E-state index is 0.537. The number of fused-ring (bicyclic) bond motifs is 1. The SMILES string of the molecule is CC.Cc1cn(Cc2ccccc2)c2nc(Cl)ccc12. The van der Waals surface area contributed by atoms with E-state index in [0.717, 1.165) is 17.6 Å². The number of aromatic nitrogens is 2. The number of hydrogen-bond donors (Lipinski definition) is 0. The molecule has 20 heavy (non-hydrogen) atoms. The number of hydrogen-bond acceptors (Lipinski definition) is 1. The number of nitrogens with zero attached hydrogens (tertiary/aromatic N) is 2. The molecule has 0 aliphatic carbocycles. The first-order valence-electron chi connectivity index (χ1n) is 6.90. The fraction of sp³-hybridized carbons (Fsp3) is 0.235. The van der Waals surface area contributed by atoms with Crippen LogP contribution in [0.3, 0.4) is 0 Å². The first kappa shape index (κ1) is 14.6. The predicted molar refractivity (Wildman–Crippen MR) is 86.4 cm³/mol. The summed E-state index contributed by atoms with van der Waals surface area (Å²) in [5, 5.41) is 1.70. The molecule has 0 unspecified atom stereocenters. The number of rotatable bonds is 2. The fourth-order valence-corrected chi connectivity index (χ4v) is 2.36. The Balaban J connectivity index is 0.000000704. The Hall–Kier alpha value is -1.80. The standard InChI is InChI=1S/C15H13ClN2.C2H6/c1-11-9-18(10-12-5-3-2-4-6-12)15-13(11)7-8-14(16)17-15;1-2/h2-9H,10H2,1H3;1-2H3. The predicted octanol–water partition coefficient (Wildman–Crippen LogP) is 5.07. The molecule has 0 N–H and O–H groups in total. The van der Waals surface area contributed by atoms with Crippen LogP contribution in [0.4, 0.5) is 0 Å². The van der Waals surface area contributed by atoms with Crippen molar-refractivity contribution in [3.63, 3.8) is 0 Å². The molecule has 0 aliphatic rings. The second-order valence-corrected chi connectivity index (χ2v) is 4.82. The monoisotopic (exact) mass is 286 g/mol. The molecule has 3 aromatic rings. The highest BCUT2D eigenvalue weighted by Gasteiger charge is 2.07. The van der Waals surface area contributed by atoms with Crippen LogP contribution in [0.1, 0.15) is 25.0 Å². The van der Waals surface area contributed by atoms with Gasteiger partial charge < -0.3 is 4.57 Å². The number of halogens is 1. The molecule has 1 aromatic carbocycles. The van der Waals surface area contributed by atoms with Crippen molar-refractivity contribution in [1.82, 2.24) is 9.55 Å². The molecule has 3 heteroatoms. The van der Waals surface area contributed by atoms with E-state index in [-0.39, 0.29) is 0 Å². The summed E-state index contributed by atoms with van der Waals surface area (Å²) in [5.74, 6) is 0. The van der Waals surface area contributed by atoms with Gasteiger partial charge >= 0.3 is 0 Å². The second kappa shape index (κ2) is 6.58. The van der Waals surface area contributed by atoms with Gasteiger partial charge in [-0.25, -0.2) is 4.98 Å². The van der Waals surface area contributed by atoms with Crippen molar-refractivity contribution in [2.24, 2.45) is 0 Å². The molecule has 0 radical (unpaired) electrons. The van der Waals surface area contributed by atoms with Gasteiger partial charge in [-0.3, -0.25) is 0 Å². The minimum Gasteiger partial charge on any atom is -0.328 e. The van der Waals surface area contributed by atoms with Crippen molar-refractivity contribution >= 4 is 22.6 Å². The highest BCUT2D eigenvalue weighted by molar-refractivity contribution is 6.29. The first-order chi connectivity index (χ1) is 9.74. The summed E-state index contributed by atoms with van der Waals surface area (Å²) in [6, 6.07) is 14.2. The Labute approximate surface area is 125 Å². The number of aryl methyl sites for hydroxylation is 1. The van der Waals surface area contributed by atoms with Crippen LogP contribution in [-0.4, -0.2) is 9.55 Å². The van der Waals surface area contributed by atoms with Gasteiger partial charge in [-0.2, -0.15) is 0 Å². The minimum atomic E-state index is 0.537. The largest absolute Gasteiger partial charge is 0.328 e. The Morgan fingerprint density at radius 3 is 2.45 bits per heavy atom. The summed E-state index contributed by atoms with van der Waals surface area (Å²) in [5.41, 5.74) is 3.44. The molecule has 0 bridgehead atoms. The molecule has 0 spiro atoms. The van der Waals surface area contributed by atoms with E-state index in [1.54, 1.807) is 0 Å². The molecule has 0 atom stereocenters. The molecular weight excluding hydrogens is 268 g/mol. The van der Waals surface area contributed by atoms with Crippen LogP contribution >= 0.6 is 11.6 Å². The second-order valence-electron chi connectivity index (χ2n) is 4.43. The lowest BCUT2D eigenvalue weighted by Gasteiger charge is -2.04. The molecule has 3 rings (SSSR count). The van der Waals surface area contributed by atoms with Crippen LogP contribution in [0.5, 0.6) is 0 Å². The molecular formula is C17H19ClN2. The van der Waals surface area contributed by atoms with Crippen molar-refractivity contribution < 1.29 is 0 Å². The molecule has 0 saturated heterocycles. The van der Waals surface area contributed by atoms with Crippen LogP contribution in [0.25, 0.3) is 11.0 Å². The van der Waals surface area contributed by atoms with Gasteiger partial charge in [-0.1, -0.05) is 55.8 Å². The van der Waals surface area contributed by atoms with Gasteiger partial charge in [-0.15, -0.1) is 0 Å². The molecule has 0 fully saturated rings. The van der Waals surface area contributed by atoms with Crippen molar-refractivity contribution in [1.29, 1.82) is 0 Å². The lowest BCUT2D eigenvalue weighted by molar-refractivity contribution is 0.823. The topological polar surface area (TPSA) is 17.8 Å². The zero-order valence-electron chi connectivity index (χ0n) is 12.1. The summed E-state index contributed by atoms with van der Waals surface area (Å²) >= 11 is 5.98. The van der Waals surface area contributed by atoms with Crippen LogP contribution < -0.4 is 0 Å². The highest BCUT2D eigenvalue weighted by atomic mass is 35.5. The maximum Gasteiger partial charge on any atom is 0.142 e. The Bertz CT molecular complexity index is 687. The zero-order valence-corrected chi connectivity index (χ0v) is 12.9. The Kier molecular flexibility index (Phi) is 4.80. The summed E-state index contributed by atoms with van der Waals surface area (Å²) < 4.78 is 2.14. The van der Waals surface area contributed by atoms with Crippen LogP contribution in [0.2, 0.25) is 5.15 Å². The van der Waals surface area contributed by atoms with Crippen LogP contribution in [0.15, 0.2) is 48.7 Å². The first-order valence-corrected chi connectivity index (χ1v) is 7.28. The van der Waals surface area contributed by atoms with Gasteiger partial charge in [-0.05, 0) is 30.2 Å². The molecule has 104 valence electrons. The van der Waals surface area contributed by atoms with E-state index in [2.05, 4.69) is 34.8 Å². The third-order valence-corrected chi connectivity index (χ3v) is 3.29. The van der Waals surface area contributed by atoms with Crippen LogP contribution in [-0.2, 0) is 6.54 Å². The lowest BCUT2D eigenvalue weighted by Crippen LogP contribution is -1.98. The van der Waals surface area contributed by atoms with Gasteiger partial charge in [0.15, 0.2) is 0 Å². The summed E-state index contributed by atoms with van der Waals surface area (Å²) in [6.45, 7) is 6.91. The zero-order chi connectivity index (χ0) is 14.5. The molecule has 0 aliphatic heterocycles. The van der Waals surface area contributed by atoms with Gasteiger partial charge in [0.25, 0.3) is 0 Å². The quantitative estimate of drug-likeness (QED) is 0.601. The van der Waals surface area contributed by atoms with Gasteiger partial charge in [0.05, 0.1) is 0 Å². The third kappa shape index (κ3) is 3.02. The number of benzene rings is 1. The van der Waals surface area contributed by atoms with E-state index in [4.69, 9.17) is 11.6 Å². The van der Waals surface area contributed by atoms with E-state index >= 15 is 0 Å². The van der Waals surface area contributed by atoms with Crippen molar-refractivity contribution in [2.75, 3.05) is 0 Å². The lowest BCUT2D eigenvalue weighted by atomic mass is 10.2. The van der Waals surface area contributed by atoms with E-state index in [9.17, 15) is 0 Å². The molecule has 0 amide bonds. The highest BCUT2D eigenvalue weighted by Crippen LogP contribution is 2.22. The molecule has 2 aromatic heterocycles. The third-order valence-electron chi connectivity index (χ3n) is 3.08. The number of pyridine rings is 1. The Morgan fingerprint density at radius 2 is 1.75 bits per heavy atom. The average molecular weight is 287 g/mol. The molecule has 0 saturated carbocycles.